The Morgan fingerprint density at radius 2 is 1.96 bits per heavy atom. The van der Waals surface area contributed by atoms with Crippen LogP contribution in [0.2, 0.25) is 0 Å². The number of nitrogens with one attached hydrogen (secondary N) is 1. The van der Waals surface area contributed by atoms with Crippen LogP contribution in [0.25, 0.3) is 6.08 Å². The van der Waals surface area contributed by atoms with Crippen LogP contribution in [0.15, 0.2) is 73.3 Å². The summed E-state index contributed by atoms with van der Waals surface area (Å²) < 4.78 is 1.86. The maximum Gasteiger partial charge on any atom is 0.244 e. The first-order chi connectivity index (χ1) is 11.8. The first kappa shape index (κ1) is 15.7. The molecule has 2 aromatic heterocycles. The summed E-state index contributed by atoms with van der Waals surface area (Å²) in [5.74, 6) is -0.144. The van der Waals surface area contributed by atoms with E-state index in [1.807, 2.05) is 41.2 Å². The van der Waals surface area contributed by atoms with E-state index in [9.17, 15) is 4.79 Å². The fraction of sp³-hybridized carbons (Fsp3) is 0.105. The molecule has 0 radical (unpaired) electrons. The Kier molecular flexibility index (Phi) is 5.14. The number of rotatable bonds is 6. The largest absolute Gasteiger partial charge is 0.348 e. The summed E-state index contributed by atoms with van der Waals surface area (Å²) in [6.07, 6.45) is 10.4. The van der Waals surface area contributed by atoms with Crippen molar-refractivity contribution >= 4 is 12.0 Å². The average molecular weight is 318 g/mol. The molecule has 3 aromatic rings. The van der Waals surface area contributed by atoms with Crippen LogP contribution in [-0.4, -0.2) is 20.7 Å². The Morgan fingerprint density at radius 1 is 1.08 bits per heavy atom. The van der Waals surface area contributed by atoms with Gasteiger partial charge in [-0.2, -0.15) is 5.10 Å². The van der Waals surface area contributed by atoms with Crippen LogP contribution in [0.3, 0.4) is 0 Å². The highest BCUT2D eigenvalue weighted by molar-refractivity contribution is 5.91. The van der Waals surface area contributed by atoms with E-state index in [4.69, 9.17) is 0 Å². The SMILES string of the molecule is O=C(/C=C\c1cccnc1)NCc1cnn(Cc2ccccc2)c1. The molecule has 0 aliphatic rings. The molecule has 24 heavy (non-hydrogen) atoms. The number of carbonyl (C=O) groups is 1. The van der Waals surface area contributed by atoms with E-state index in [2.05, 4.69) is 27.5 Å². The van der Waals surface area contributed by atoms with Gasteiger partial charge in [0.25, 0.3) is 0 Å². The summed E-state index contributed by atoms with van der Waals surface area (Å²) in [6.45, 7) is 1.17. The van der Waals surface area contributed by atoms with E-state index in [-0.39, 0.29) is 5.91 Å². The van der Waals surface area contributed by atoms with Crippen molar-refractivity contribution in [2.45, 2.75) is 13.1 Å². The van der Waals surface area contributed by atoms with Crippen molar-refractivity contribution in [3.8, 4) is 0 Å². The number of pyridine rings is 1. The van der Waals surface area contributed by atoms with Gasteiger partial charge in [0.05, 0.1) is 12.7 Å². The molecule has 0 saturated heterocycles. The molecule has 0 aliphatic carbocycles. The lowest BCUT2D eigenvalue weighted by Gasteiger charge is -2.01. The van der Waals surface area contributed by atoms with Gasteiger partial charge in [0.15, 0.2) is 0 Å². The first-order valence-corrected chi connectivity index (χ1v) is 7.71. The quantitative estimate of drug-likeness (QED) is 0.711. The molecule has 0 aliphatic heterocycles. The summed E-state index contributed by atoms with van der Waals surface area (Å²) in [5, 5.41) is 7.17. The Labute approximate surface area is 140 Å². The summed E-state index contributed by atoms with van der Waals surface area (Å²) in [6, 6.07) is 13.9. The molecule has 5 nitrogen and oxygen atoms in total. The van der Waals surface area contributed by atoms with E-state index in [1.54, 1.807) is 24.7 Å². The standard InChI is InChI=1S/C19H18N4O/c24-19(9-8-16-7-4-10-20-11-16)21-12-18-13-22-23(15-18)14-17-5-2-1-3-6-17/h1-11,13,15H,12,14H2,(H,21,24)/b9-8-. The van der Waals surface area contributed by atoms with Gasteiger partial charge in [0.1, 0.15) is 0 Å². The second-order valence-electron chi connectivity index (χ2n) is 5.37. The smallest absolute Gasteiger partial charge is 0.244 e. The Hall–Kier alpha value is -3.21. The highest BCUT2D eigenvalue weighted by Gasteiger charge is 2.01. The zero-order valence-corrected chi connectivity index (χ0v) is 13.2. The van der Waals surface area contributed by atoms with Crippen LogP contribution in [-0.2, 0) is 17.9 Å². The highest BCUT2D eigenvalue weighted by Crippen LogP contribution is 2.04. The van der Waals surface area contributed by atoms with Gasteiger partial charge in [-0.15, -0.1) is 0 Å². The van der Waals surface area contributed by atoms with Crippen LogP contribution in [0.1, 0.15) is 16.7 Å². The predicted molar refractivity (Wildman–Crippen MR) is 92.9 cm³/mol. The summed E-state index contributed by atoms with van der Waals surface area (Å²) in [4.78, 5) is 15.8. The summed E-state index contributed by atoms with van der Waals surface area (Å²) in [7, 11) is 0. The Morgan fingerprint density at radius 3 is 2.75 bits per heavy atom. The fourth-order valence-corrected chi connectivity index (χ4v) is 2.25. The van der Waals surface area contributed by atoms with Gasteiger partial charge in [-0.1, -0.05) is 36.4 Å². The lowest BCUT2D eigenvalue weighted by atomic mass is 10.2. The Bertz CT molecular complexity index is 810. The van der Waals surface area contributed by atoms with Crippen molar-refractivity contribution in [3.05, 3.63) is 90.0 Å². The van der Waals surface area contributed by atoms with Crippen LogP contribution in [0.5, 0.6) is 0 Å². The third-order valence-corrected chi connectivity index (χ3v) is 3.45. The molecule has 1 aromatic carbocycles. The normalized spacial score (nSPS) is 10.8. The van der Waals surface area contributed by atoms with Crippen LogP contribution in [0.4, 0.5) is 0 Å². The zero-order valence-electron chi connectivity index (χ0n) is 13.2. The van der Waals surface area contributed by atoms with E-state index >= 15 is 0 Å². The number of hydrogen-bond acceptors (Lipinski definition) is 3. The minimum Gasteiger partial charge on any atom is -0.348 e. The van der Waals surface area contributed by atoms with Crippen molar-refractivity contribution in [1.82, 2.24) is 20.1 Å². The van der Waals surface area contributed by atoms with Crippen molar-refractivity contribution < 1.29 is 4.79 Å². The van der Waals surface area contributed by atoms with Crippen molar-refractivity contribution in [2.75, 3.05) is 0 Å². The topological polar surface area (TPSA) is 59.8 Å². The lowest BCUT2D eigenvalue weighted by molar-refractivity contribution is -0.116. The van der Waals surface area contributed by atoms with Gasteiger partial charge in [-0.3, -0.25) is 14.5 Å². The second kappa shape index (κ2) is 7.87. The number of amides is 1. The zero-order chi connectivity index (χ0) is 16.6. The summed E-state index contributed by atoms with van der Waals surface area (Å²) in [5.41, 5.74) is 3.05. The van der Waals surface area contributed by atoms with Gasteiger partial charge in [0.2, 0.25) is 5.91 Å². The minimum atomic E-state index is -0.144. The Balaban J connectivity index is 1.50. The van der Waals surface area contributed by atoms with Gasteiger partial charge in [-0.25, -0.2) is 0 Å². The molecule has 2 heterocycles. The first-order valence-electron chi connectivity index (χ1n) is 7.71. The number of aromatic nitrogens is 3. The number of hydrogen-bond donors (Lipinski definition) is 1. The molecule has 0 unspecified atom stereocenters. The van der Waals surface area contributed by atoms with Gasteiger partial charge < -0.3 is 5.32 Å². The molecule has 0 atom stereocenters. The van der Waals surface area contributed by atoms with E-state index in [0.29, 0.717) is 6.54 Å². The van der Waals surface area contributed by atoms with Gasteiger partial charge >= 0.3 is 0 Å². The third-order valence-electron chi connectivity index (χ3n) is 3.45. The molecule has 0 fully saturated rings. The van der Waals surface area contributed by atoms with Crippen LogP contribution >= 0.6 is 0 Å². The van der Waals surface area contributed by atoms with E-state index in [0.717, 1.165) is 17.7 Å². The molecule has 1 amide bonds. The van der Waals surface area contributed by atoms with E-state index < -0.39 is 0 Å². The second-order valence-corrected chi connectivity index (χ2v) is 5.37. The predicted octanol–water partition coefficient (Wildman–Crippen LogP) is 2.66. The van der Waals surface area contributed by atoms with Crippen molar-refractivity contribution in [1.29, 1.82) is 0 Å². The third kappa shape index (κ3) is 4.64. The minimum absolute atomic E-state index is 0.144. The molecule has 5 heteroatoms. The molecule has 0 spiro atoms. The molecular weight excluding hydrogens is 300 g/mol. The van der Waals surface area contributed by atoms with E-state index in [1.165, 1.54) is 11.6 Å². The monoisotopic (exact) mass is 318 g/mol. The maximum atomic E-state index is 11.8. The average Bonchev–Trinajstić information content (AvgIpc) is 3.07. The van der Waals surface area contributed by atoms with Gasteiger partial charge in [0, 0.05) is 36.8 Å². The fourth-order valence-electron chi connectivity index (χ4n) is 2.25. The molecular formula is C19H18N4O. The highest BCUT2D eigenvalue weighted by atomic mass is 16.1. The maximum absolute atomic E-state index is 11.8. The number of carbonyl (C=O) groups excluding carboxylic acids is 1. The van der Waals surface area contributed by atoms with Crippen molar-refractivity contribution in [2.24, 2.45) is 0 Å². The molecule has 1 N–H and O–H groups in total. The number of nitrogens with zero attached hydrogens (tertiary/aromatic N) is 3. The van der Waals surface area contributed by atoms with Gasteiger partial charge in [-0.05, 0) is 23.3 Å². The molecule has 120 valence electrons. The molecule has 3 rings (SSSR count). The van der Waals surface area contributed by atoms with Crippen LogP contribution < -0.4 is 5.32 Å². The number of benzene rings is 1. The molecule has 0 saturated carbocycles. The lowest BCUT2D eigenvalue weighted by Crippen LogP contribution is -2.19. The van der Waals surface area contributed by atoms with Crippen molar-refractivity contribution in [3.63, 3.8) is 0 Å². The summed E-state index contributed by atoms with van der Waals surface area (Å²) >= 11 is 0. The molecule has 0 bridgehead atoms. The van der Waals surface area contributed by atoms with Crippen LogP contribution in [0, 0.1) is 0 Å².